The van der Waals surface area contributed by atoms with Gasteiger partial charge in [-0.05, 0) is 39.5 Å². The predicted octanol–water partition coefficient (Wildman–Crippen LogP) is 1.08. The Morgan fingerprint density at radius 1 is 1.56 bits per heavy atom. The van der Waals surface area contributed by atoms with Crippen molar-refractivity contribution in [2.24, 2.45) is 0 Å². The second kappa shape index (κ2) is 6.66. The fraction of sp³-hybridized carbons (Fsp3) is 1.00. The summed E-state index contributed by atoms with van der Waals surface area (Å²) in [6.45, 7) is 5.03. The van der Waals surface area contributed by atoms with Crippen molar-refractivity contribution >= 4 is 11.3 Å². The first-order chi connectivity index (χ1) is 7.49. The lowest BCUT2D eigenvalue weighted by Crippen LogP contribution is -2.36. The lowest BCUT2D eigenvalue weighted by molar-refractivity contribution is -0.216. The van der Waals surface area contributed by atoms with Gasteiger partial charge in [-0.1, -0.05) is 0 Å². The number of ether oxygens (including phenoxy) is 2. The number of nitrogens with one attached hydrogen (secondary N) is 1. The van der Waals surface area contributed by atoms with Gasteiger partial charge in [-0.25, -0.2) is 4.72 Å². The van der Waals surface area contributed by atoms with Crippen LogP contribution in [0.1, 0.15) is 39.5 Å². The lowest BCUT2D eigenvalue weighted by atomic mass is 10.1. The average Bonchev–Trinajstić information content (AvgIpc) is 2.17. The molecule has 0 saturated carbocycles. The molecule has 96 valence electrons. The van der Waals surface area contributed by atoms with E-state index in [1.165, 1.54) is 0 Å². The van der Waals surface area contributed by atoms with Gasteiger partial charge in [0.05, 0.1) is 5.60 Å². The van der Waals surface area contributed by atoms with Crippen LogP contribution in [0.15, 0.2) is 0 Å². The van der Waals surface area contributed by atoms with Crippen molar-refractivity contribution in [2.45, 2.75) is 51.4 Å². The van der Waals surface area contributed by atoms with Gasteiger partial charge in [-0.15, -0.1) is 0 Å². The van der Waals surface area contributed by atoms with Crippen LogP contribution in [0.5, 0.6) is 0 Å². The average molecular weight is 250 g/mol. The summed E-state index contributed by atoms with van der Waals surface area (Å²) in [7, 11) is 0. The molecule has 1 aliphatic rings. The van der Waals surface area contributed by atoms with Gasteiger partial charge < -0.3 is 14.0 Å². The highest BCUT2D eigenvalue weighted by Gasteiger charge is 2.25. The molecule has 6 heteroatoms. The molecule has 5 nitrogen and oxygen atoms in total. The maximum Gasteiger partial charge on any atom is 0.158 e. The minimum Gasteiger partial charge on any atom is -0.760 e. The quantitative estimate of drug-likeness (QED) is 0.716. The van der Waals surface area contributed by atoms with Crippen molar-refractivity contribution in [1.29, 1.82) is 0 Å². The maximum absolute atomic E-state index is 10.3. The van der Waals surface area contributed by atoms with Crippen molar-refractivity contribution in [3.05, 3.63) is 0 Å². The zero-order chi connectivity index (χ0) is 12.0. The molecule has 1 aliphatic heterocycles. The van der Waals surface area contributed by atoms with Crippen LogP contribution in [0, 0.1) is 0 Å². The Hall–Kier alpha value is -0.0100. The Balaban J connectivity index is 2.23. The van der Waals surface area contributed by atoms with Crippen molar-refractivity contribution in [3.8, 4) is 0 Å². The molecule has 0 spiro atoms. The van der Waals surface area contributed by atoms with Crippen LogP contribution in [0.2, 0.25) is 0 Å². The largest absolute Gasteiger partial charge is 0.760 e. The van der Waals surface area contributed by atoms with E-state index in [0.29, 0.717) is 13.0 Å². The highest BCUT2D eigenvalue weighted by molar-refractivity contribution is 7.77. The van der Waals surface area contributed by atoms with Crippen LogP contribution >= 0.6 is 0 Å². The summed E-state index contributed by atoms with van der Waals surface area (Å²) in [5.74, 6) is 0. The van der Waals surface area contributed by atoms with Gasteiger partial charge in [0, 0.05) is 24.4 Å². The monoisotopic (exact) mass is 250 g/mol. The van der Waals surface area contributed by atoms with Crippen molar-refractivity contribution in [2.75, 3.05) is 13.2 Å². The van der Waals surface area contributed by atoms with Crippen LogP contribution in [0.4, 0.5) is 0 Å². The van der Waals surface area contributed by atoms with Gasteiger partial charge >= 0.3 is 0 Å². The molecule has 1 saturated heterocycles. The van der Waals surface area contributed by atoms with Crippen LogP contribution in [-0.2, 0) is 20.7 Å². The SMILES string of the molecule is CC(C)(CCNS(=O)[O-])OC1CCCCO1. The van der Waals surface area contributed by atoms with E-state index in [2.05, 4.69) is 4.72 Å². The molecule has 16 heavy (non-hydrogen) atoms. The fourth-order valence-corrected chi connectivity index (χ4v) is 1.92. The normalized spacial score (nSPS) is 24.3. The fourth-order valence-electron chi connectivity index (χ4n) is 1.65. The Bertz CT molecular complexity index is 229. The van der Waals surface area contributed by atoms with E-state index in [-0.39, 0.29) is 11.9 Å². The van der Waals surface area contributed by atoms with Crippen molar-refractivity contribution in [3.63, 3.8) is 0 Å². The molecule has 0 bridgehead atoms. The Morgan fingerprint density at radius 3 is 2.88 bits per heavy atom. The van der Waals surface area contributed by atoms with Gasteiger partial charge in [0.1, 0.15) is 0 Å². The first-order valence-corrected chi connectivity index (χ1v) is 6.69. The molecule has 0 aromatic carbocycles. The minimum absolute atomic E-state index is 0.138. The predicted molar refractivity (Wildman–Crippen MR) is 60.3 cm³/mol. The molecule has 2 atom stereocenters. The Morgan fingerprint density at radius 2 is 2.31 bits per heavy atom. The summed E-state index contributed by atoms with van der Waals surface area (Å²) in [6, 6.07) is 0. The zero-order valence-corrected chi connectivity index (χ0v) is 10.7. The van der Waals surface area contributed by atoms with Crippen LogP contribution in [0.25, 0.3) is 0 Å². The topological polar surface area (TPSA) is 70.6 Å². The molecule has 0 aromatic heterocycles. The van der Waals surface area contributed by atoms with Crippen molar-refractivity contribution < 1.29 is 18.2 Å². The third-order valence-corrected chi connectivity index (χ3v) is 2.98. The highest BCUT2D eigenvalue weighted by Crippen LogP contribution is 2.22. The molecule has 1 heterocycles. The van der Waals surface area contributed by atoms with Crippen molar-refractivity contribution in [1.82, 2.24) is 4.72 Å². The number of rotatable bonds is 6. The summed E-state index contributed by atoms with van der Waals surface area (Å²) in [5.41, 5.74) is -0.367. The molecular weight excluding hydrogens is 230 g/mol. The summed E-state index contributed by atoms with van der Waals surface area (Å²) in [4.78, 5) is 0. The van der Waals surface area contributed by atoms with E-state index in [0.717, 1.165) is 25.9 Å². The third-order valence-electron chi connectivity index (χ3n) is 2.54. The van der Waals surface area contributed by atoms with E-state index in [1.54, 1.807) is 0 Å². The number of hydrogen-bond donors (Lipinski definition) is 1. The lowest BCUT2D eigenvalue weighted by Gasteiger charge is -2.33. The zero-order valence-electron chi connectivity index (χ0n) is 9.86. The van der Waals surface area contributed by atoms with E-state index >= 15 is 0 Å². The Kier molecular flexibility index (Phi) is 5.85. The van der Waals surface area contributed by atoms with E-state index in [1.807, 2.05) is 13.8 Å². The molecule has 0 radical (unpaired) electrons. The first-order valence-electron chi connectivity index (χ1n) is 5.62. The van der Waals surface area contributed by atoms with E-state index < -0.39 is 11.3 Å². The molecule has 1 N–H and O–H groups in total. The van der Waals surface area contributed by atoms with Gasteiger partial charge in [-0.3, -0.25) is 4.21 Å². The summed E-state index contributed by atoms with van der Waals surface area (Å²) in [5, 5.41) is 0. The molecule has 0 aliphatic carbocycles. The van der Waals surface area contributed by atoms with Gasteiger partial charge in [0.25, 0.3) is 0 Å². The maximum atomic E-state index is 10.3. The second-order valence-corrected chi connectivity index (χ2v) is 5.31. The van der Waals surface area contributed by atoms with Gasteiger partial charge in [-0.2, -0.15) is 0 Å². The van der Waals surface area contributed by atoms with Crippen LogP contribution < -0.4 is 4.72 Å². The van der Waals surface area contributed by atoms with Gasteiger partial charge in [0.2, 0.25) is 0 Å². The molecule has 2 unspecified atom stereocenters. The summed E-state index contributed by atoms with van der Waals surface area (Å²) < 4.78 is 34.2. The molecule has 0 aromatic rings. The minimum atomic E-state index is -2.19. The Labute approximate surface area is 99.3 Å². The molecule has 0 amide bonds. The first kappa shape index (κ1) is 14.1. The van der Waals surface area contributed by atoms with Gasteiger partial charge in [0.15, 0.2) is 6.29 Å². The second-order valence-electron chi connectivity index (χ2n) is 4.55. The smallest absolute Gasteiger partial charge is 0.158 e. The summed E-state index contributed by atoms with van der Waals surface area (Å²) in [6.07, 6.45) is 3.63. The van der Waals surface area contributed by atoms with E-state index in [4.69, 9.17) is 9.47 Å². The number of hydrogen-bond acceptors (Lipinski definition) is 4. The van der Waals surface area contributed by atoms with Crippen LogP contribution in [0.3, 0.4) is 0 Å². The van der Waals surface area contributed by atoms with E-state index in [9.17, 15) is 8.76 Å². The molecule has 1 fully saturated rings. The molecular formula is C10H20NO4S-. The summed E-state index contributed by atoms with van der Waals surface area (Å²) >= 11 is -2.19. The molecule has 1 rings (SSSR count). The standard InChI is InChI=1S/C10H21NO4S/c1-10(2,6-7-11-16(12)13)15-9-5-3-4-8-14-9/h9,11H,3-8H2,1-2H3,(H,12,13)/p-1. The van der Waals surface area contributed by atoms with Crippen LogP contribution in [-0.4, -0.2) is 33.8 Å². The highest BCUT2D eigenvalue weighted by atomic mass is 32.2. The third kappa shape index (κ3) is 5.91.